The number of carbonyl (C=O) groups is 1. The summed E-state index contributed by atoms with van der Waals surface area (Å²) in [5, 5.41) is 19.2. The molecule has 6 heteroatoms. The molecule has 0 aromatic heterocycles. The van der Waals surface area contributed by atoms with Crippen molar-refractivity contribution in [1.29, 1.82) is 5.26 Å². The maximum absolute atomic E-state index is 12.5. The third-order valence-corrected chi connectivity index (χ3v) is 4.83. The number of aromatic hydroxyl groups is 1. The van der Waals surface area contributed by atoms with E-state index >= 15 is 0 Å². The van der Waals surface area contributed by atoms with Crippen LogP contribution in [0.5, 0.6) is 11.5 Å². The van der Waals surface area contributed by atoms with Gasteiger partial charge in [0.2, 0.25) is 0 Å². The van der Waals surface area contributed by atoms with E-state index in [-0.39, 0.29) is 17.2 Å². The molecule has 0 aliphatic carbocycles. The second-order valence-electron chi connectivity index (χ2n) is 5.70. The molecular weight excluding hydrogens is 407 g/mol. The van der Waals surface area contributed by atoms with E-state index in [1.807, 2.05) is 28.7 Å². The number of nitrogens with zero attached hydrogens (tertiary/aromatic N) is 2. The van der Waals surface area contributed by atoms with Crippen molar-refractivity contribution in [2.24, 2.45) is 5.92 Å². The van der Waals surface area contributed by atoms with Crippen LogP contribution >= 0.6 is 22.6 Å². The van der Waals surface area contributed by atoms with E-state index < -0.39 is 0 Å². The largest absolute Gasteiger partial charge is 0.504 e. The van der Waals surface area contributed by atoms with Crippen LogP contribution in [0.4, 0.5) is 0 Å². The Labute approximate surface area is 149 Å². The lowest BCUT2D eigenvalue weighted by Crippen LogP contribution is -2.38. The Kier molecular flexibility index (Phi) is 5.88. The van der Waals surface area contributed by atoms with Crippen LogP contribution in [0.3, 0.4) is 0 Å². The highest BCUT2D eigenvalue weighted by Crippen LogP contribution is 2.33. The van der Waals surface area contributed by atoms with E-state index in [0.29, 0.717) is 33.9 Å². The normalized spacial score (nSPS) is 16.1. The van der Waals surface area contributed by atoms with Gasteiger partial charge in [-0.3, -0.25) is 4.79 Å². The number of methoxy groups -OCH3 is 1. The van der Waals surface area contributed by atoms with Gasteiger partial charge in [0.25, 0.3) is 5.91 Å². The standard InChI is InChI=1S/C17H19IN2O3/c1-11-3-5-20(6-4-11)17(22)13(10-19)7-12-8-14(18)16(21)15(9-12)23-2/h7-9,11,21H,3-6H2,1-2H3/b13-7-. The number of amides is 1. The molecule has 0 saturated carbocycles. The van der Waals surface area contributed by atoms with Crippen molar-refractivity contribution in [2.75, 3.05) is 20.2 Å². The van der Waals surface area contributed by atoms with Gasteiger partial charge in [-0.15, -0.1) is 0 Å². The number of phenols is 1. The second-order valence-corrected chi connectivity index (χ2v) is 6.86. The molecule has 1 N–H and O–H groups in total. The van der Waals surface area contributed by atoms with Gasteiger partial charge in [0.05, 0.1) is 10.7 Å². The van der Waals surface area contributed by atoms with Gasteiger partial charge in [0, 0.05) is 13.1 Å². The summed E-state index contributed by atoms with van der Waals surface area (Å²) in [7, 11) is 1.46. The molecule has 1 heterocycles. The first kappa shape index (κ1) is 17.6. The molecule has 1 amide bonds. The number of piperidine rings is 1. The van der Waals surface area contributed by atoms with Crippen molar-refractivity contribution in [3.05, 3.63) is 26.8 Å². The monoisotopic (exact) mass is 426 g/mol. The zero-order valence-electron chi connectivity index (χ0n) is 13.2. The van der Waals surface area contributed by atoms with E-state index in [1.54, 1.807) is 23.1 Å². The van der Waals surface area contributed by atoms with Gasteiger partial charge in [0.15, 0.2) is 11.5 Å². The van der Waals surface area contributed by atoms with Crippen molar-refractivity contribution < 1.29 is 14.6 Å². The number of benzene rings is 1. The number of ether oxygens (including phenoxy) is 1. The molecule has 2 rings (SSSR count). The number of hydrogen-bond donors (Lipinski definition) is 1. The van der Waals surface area contributed by atoms with Crippen LogP contribution < -0.4 is 4.74 Å². The van der Waals surface area contributed by atoms with Crippen LogP contribution in [-0.2, 0) is 4.79 Å². The molecule has 0 unspecified atom stereocenters. The first-order valence-electron chi connectivity index (χ1n) is 7.43. The van der Waals surface area contributed by atoms with E-state index in [9.17, 15) is 15.2 Å². The summed E-state index contributed by atoms with van der Waals surface area (Å²) in [4.78, 5) is 14.2. The lowest BCUT2D eigenvalue weighted by Gasteiger charge is -2.30. The van der Waals surface area contributed by atoms with Crippen LogP contribution in [0.1, 0.15) is 25.3 Å². The fraction of sp³-hybridized carbons (Fsp3) is 0.412. The fourth-order valence-electron chi connectivity index (χ4n) is 2.52. The molecule has 122 valence electrons. The van der Waals surface area contributed by atoms with Crippen molar-refractivity contribution in [2.45, 2.75) is 19.8 Å². The number of likely N-dealkylation sites (tertiary alicyclic amines) is 1. The third-order valence-electron chi connectivity index (χ3n) is 4.00. The molecule has 0 spiro atoms. The zero-order chi connectivity index (χ0) is 17.0. The van der Waals surface area contributed by atoms with Crippen LogP contribution in [0, 0.1) is 20.8 Å². The fourth-order valence-corrected chi connectivity index (χ4v) is 3.15. The summed E-state index contributed by atoms with van der Waals surface area (Å²) >= 11 is 1.98. The van der Waals surface area contributed by atoms with Crippen LogP contribution in [0.25, 0.3) is 6.08 Å². The second kappa shape index (κ2) is 7.68. The Morgan fingerprint density at radius 2 is 2.13 bits per heavy atom. The van der Waals surface area contributed by atoms with E-state index in [1.165, 1.54) is 7.11 Å². The van der Waals surface area contributed by atoms with Crippen molar-refractivity contribution >= 4 is 34.6 Å². The number of halogens is 1. The van der Waals surface area contributed by atoms with E-state index in [2.05, 4.69) is 6.92 Å². The summed E-state index contributed by atoms with van der Waals surface area (Å²) < 4.78 is 5.71. The molecule has 1 fully saturated rings. The molecule has 0 radical (unpaired) electrons. The highest BCUT2D eigenvalue weighted by Gasteiger charge is 2.23. The van der Waals surface area contributed by atoms with Crippen molar-refractivity contribution in [1.82, 2.24) is 4.90 Å². The highest BCUT2D eigenvalue weighted by atomic mass is 127. The number of phenolic OH excluding ortho intramolecular Hbond substituents is 1. The minimum absolute atomic E-state index is 0.0557. The lowest BCUT2D eigenvalue weighted by molar-refractivity contribution is -0.127. The quantitative estimate of drug-likeness (QED) is 0.458. The Balaban J connectivity index is 2.27. The van der Waals surface area contributed by atoms with Gasteiger partial charge >= 0.3 is 0 Å². The van der Waals surface area contributed by atoms with Crippen LogP contribution in [0.2, 0.25) is 0 Å². The van der Waals surface area contributed by atoms with Crippen molar-refractivity contribution in [3.63, 3.8) is 0 Å². The topological polar surface area (TPSA) is 73.6 Å². The number of rotatable bonds is 3. The zero-order valence-corrected chi connectivity index (χ0v) is 15.3. The van der Waals surface area contributed by atoms with Crippen LogP contribution in [-0.4, -0.2) is 36.1 Å². The van der Waals surface area contributed by atoms with Gasteiger partial charge in [-0.25, -0.2) is 0 Å². The smallest absolute Gasteiger partial charge is 0.264 e. The summed E-state index contributed by atoms with van der Waals surface area (Å²) in [6.45, 7) is 3.55. The van der Waals surface area contributed by atoms with E-state index in [0.717, 1.165) is 12.8 Å². The molecule has 0 atom stereocenters. The average molecular weight is 426 g/mol. The summed E-state index contributed by atoms with van der Waals surface area (Å²) in [6.07, 6.45) is 3.48. The van der Waals surface area contributed by atoms with Gasteiger partial charge in [-0.1, -0.05) is 6.92 Å². The Hall–Kier alpha value is -1.75. The van der Waals surface area contributed by atoms with Gasteiger partial charge in [-0.05, 0) is 65.1 Å². The third kappa shape index (κ3) is 4.16. The Morgan fingerprint density at radius 3 is 2.70 bits per heavy atom. The predicted molar refractivity (Wildman–Crippen MR) is 95.9 cm³/mol. The highest BCUT2D eigenvalue weighted by molar-refractivity contribution is 14.1. The molecule has 1 aliphatic heterocycles. The molecule has 23 heavy (non-hydrogen) atoms. The minimum Gasteiger partial charge on any atom is -0.504 e. The molecule has 1 aromatic rings. The Bertz CT molecular complexity index is 671. The Morgan fingerprint density at radius 1 is 1.48 bits per heavy atom. The molecule has 1 aliphatic rings. The summed E-state index contributed by atoms with van der Waals surface area (Å²) in [6, 6.07) is 5.32. The average Bonchev–Trinajstić information content (AvgIpc) is 2.55. The summed E-state index contributed by atoms with van der Waals surface area (Å²) in [5.74, 6) is 0.762. The van der Waals surface area contributed by atoms with Gasteiger partial charge in [0.1, 0.15) is 11.6 Å². The van der Waals surface area contributed by atoms with Crippen LogP contribution in [0.15, 0.2) is 17.7 Å². The minimum atomic E-state index is -0.235. The summed E-state index contributed by atoms with van der Waals surface area (Å²) in [5.41, 5.74) is 0.752. The SMILES string of the molecule is COc1cc(/C=C(/C#N)C(=O)N2CCC(C)CC2)cc(I)c1O. The van der Waals surface area contributed by atoms with E-state index in [4.69, 9.17) is 4.74 Å². The molecule has 1 aromatic carbocycles. The maximum atomic E-state index is 12.5. The molecule has 1 saturated heterocycles. The van der Waals surface area contributed by atoms with Gasteiger partial charge in [-0.2, -0.15) is 5.26 Å². The first-order valence-corrected chi connectivity index (χ1v) is 8.51. The number of nitriles is 1. The maximum Gasteiger partial charge on any atom is 0.264 e. The predicted octanol–water partition coefficient (Wildman–Crippen LogP) is 3.17. The molecule has 0 bridgehead atoms. The molecule has 5 nitrogen and oxygen atoms in total. The van der Waals surface area contributed by atoms with Crippen molar-refractivity contribution in [3.8, 4) is 17.6 Å². The van der Waals surface area contributed by atoms with Gasteiger partial charge < -0.3 is 14.7 Å². The first-order chi connectivity index (χ1) is 11.0. The number of carbonyl (C=O) groups excluding carboxylic acids is 1. The number of hydrogen-bond acceptors (Lipinski definition) is 4. The lowest BCUT2D eigenvalue weighted by atomic mass is 9.98. The molecular formula is C17H19IN2O3.